The SMILES string of the molecule is CCOc1ccccc1N1CC(C(=O)Nc2nnc(C(C)C)s2)CC1=O. The van der Waals surface area contributed by atoms with Gasteiger partial charge in [0.1, 0.15) is 10.8 Å². The van der Waals surface area contributed by atoms with Crippen LogP contribution in [0.4, 0.5) is 10.8 Å². The van der Waals surface area contributed by atoms with Crippen molar-refractivity contribution >= 4 is 34.0 Å². The summed E-state index contributed by atoms with van der Waals surface area (Å²) in [5.74, 6) is 0.189. The predicted octanol–water partition coefficient (Wildman–Crippen LogP) is 3.05. The summed E-state index contributed by atoms with van der Waals surface area (Å²) < 4.78 is 5.60. The molecule has 1 fully saturated rings. The first-order valence-electron chi connectivity index (χ1n) is 8.66. The van der Waals surface area contributed by atoms with Crippen molar-refractivity contribution in [3.05, 3.63) is 29.3 Å². The first kappa shape index (κ1) is 18.3. The van der Waals surface area contributed by atoms with Crippen molar-refractivity contribution in [3.63, 3.8) is 0 Å². The van der Waals surface area contributed by atoms with Crippen LogP contribution in [-0.2, 0) is 9.59 Å². The molecule has 7 nitrogen and oxygen atoms in total. The Hall–Kier alpha value is -2.48. The van der Waals surface area contributed by atoms with Gasteiger partial charge in [0.15, 0.2) is 0 Å². The van der Waals surface area contributed by atoms with E-state index in [1.165, 1.54) is 11.3 Å². The highest BCUT2D eigenvalue weighted by Gasteiger charge is 2.36. The maximum Gasteiger partial charge on any atom is 0.231 e. The zero-order valence-electron chi connectivity index (χ0n) is 15.1. The molecule has 2 heterocycles. The van der Waals surface area contributed by atoms with E-state index in [4.69, 9.17) is 4.74 Å². The number of nitrogens with one attached hydrogen (secondary N) is 1. The Morgan fingerprint density at radius 3 is 2.85 bits per heavy atom. The number of rotatable bonds is 6. The van der Waals surface area contributed by atoms with E-state index >= 15 is 0 Å². The van der Waals surface area contributed by atoms with E-state index in [0.717, 1.165) is 5.01 Å². The predicted molar refractivity (Wildman–Crippen MR) is 101 cm³/mol. The fraction of sp³-hybridized carbons (Fsp3) is 0.444. The van der Waals surface area contributed by atoms with Gasteiger partial charge in [0.05, 0.1) is 18.2 Å². The van der Waals surface area contributed by atoms with Gasteiger partial charge in [-0.2, -0.15) is 0 Å². The van der Waals surface area contributed by atoms with E-state index < -0.39 is 5.92 Å². The van der Waals surface area contributed by atoms with Gasteiger partial charge in [0.25, 0.3) is 0 Å². The largest absolute Gasteiger partial charge is 0.492 e. The molecule has 1 N–H and O–H groups in total. The van der Waals surface area contributed by atoms with Crippen LogP contribution < -0.4 is 15.0 Å². The van der Waals surface area contributed by atoms with Crippen molar-refractivity contribution in [2.45, 2.75) is 33.1 Å². The minimum absolute atomic E-state index is 0.0857. The topological polar surface area (TPSA) is 84.4 Å². The molecule has 1 aromatic carbocycles. The molecule has 1 unspecified atom stereocenters. The molecule has 0 spiro atoms. The fourth-order valence-electron chi connectivity index (χ4n) is 2.80. The average Bonchev–Trinajstić information content (AvgIpc) is 3.23. The summed E-state index contributed by atoms with van der Waals surface area (Å²) in [6, 6.07) is 7.38. The van der Waals surface area contributed by atoms with Gasteiger partial charge < -0.3 is 15.0 Å². The van der Waals surface area contributed by atoms with Gasteiger partial charge in [0.2, 0.25) is 16.9 Å². The molecular weight excluding hydrogens is 352 g/mol. The molecule has 1 aliphatic rings. The van der Waals surface area contributed by atoms with Gasteiger partial charge in [-0.3, -0.25) is 9.59 Å². The minimum Gasteiger partial charge on any atom is -0.492 e. The number of para-hydroxylation sites is 2. The van der Waals surface area contributed by atoms with E-state index in [1.807, 2.05) is 45.0 Å². The molecule has 2 amide bonds. The highest BCUT2D eigenvalue weighted by Crippen LogP contribution is 2.33. The van der Waals surface area contributed by atoms with Gasteiger partial charge in [-0.05, 0) is 19.1 Å². The summed E-state index contributed by atoms with van der Waals surface area (Å²) in [5, 5.41) is 12.2. The van der Waals surface area contributed by atoms with E-state index in [1.54, 1.807) is 4.90 Å². The van der Waals surface area contributed by atoms with Crippen LogP contribution in [0, 0.1) is 5.92 Å². The third-order valence-corrected chi connectivity index (χ3v) is 5.26. The van der Waals surface area contributed by atoms with Crippen LogP contribution in [-0.4, -0.2) is 35.2 Å². The Morgan fingerprint density at radius 1 is 1.38 bits per heavy atom. The number of aromatic nitrogens is 2. The van der Waals surface area contributed by atoms with Gasteiger partial charge in [-0.1, -0.05) is 37.3 Å². The minimum atomic E-state index is -0.427. The molecule has 2 aromatic rings. The molecule has 1 atom stereocenters. The molecule has 0 bridgehead atoms. The van der Waals surface area contributed by atoms with Crippen molar-refractivity contribution in [2.24, 2.45) is 5.92 Å². The third-order valence-electron chi connectivity index (χ3n) is 4.12. The zero-order chi connectivity index (χ0) is 18.7. The molecule has 26 heavy (non-hydrogen) atoms. The van der Waals surface area contributed by atoms with Crippen LogP contribution in [0.2, 0.25) is 0 Å². The molecule has 1 aliphatic heterocycles. The molecule has 0 radical (unpaired) electrons. The lowest BCUT2D eigenvalue weighted by molar-refractivity contribution is -0.122. The highest BCUT2D eigenvalue weighted by molar-refractivity contribution is 7.15. The maximum absolute atomic E-state index is 12.5. The summed E-state index contributed by atoms with van der Waals surface area (Å²) in [6.45, 7) is 6.78. The Labute approximate surface area is 156 Å². The maximum atomic E-state index is 12.5. The van der Waals surface area contributed by atoms with Gasteiger partial charge in [0, 0.05) is 18.9 Å². The van der Waals surface area contributed by atoms with Crippen molar-refractivity contribution in [3.8, 4) is 5.75 Å². The Morgan fingerprint density at radius 2 is 2.15 bits per heavy atom. The lowest BCUT2D eigenvalue weighted by Gasteiger charge is -2.20. The van der Waals surface area contributed by atoms with Crippen molar-refractivity contribution < 1.29 is 14.3 Å². The molecule has 0 saturated carbocycles. The van der Waals surface area contributed by atoms with Crippen molar-refractivity contribution in [1.82, 2.24) is 10.2 Å². The van der Waals surface area contributed by atoms with Gasteiger partial charge in [-0.25, -0.2) is 0 Å². The first-order valence-corrected chi connectivity index (χ1v) is 9.47. The second-order valence-corrected chi connectivity index (χ2v) is 7.40. The van der Waals surface area contributed by atoms with E-state index in [0.29, 0.717) is 29.7 Å². The second-order valence-electron chi connectivity index (χ2n) is 6.40. The fourth-order valence-corrected chi connectivity index (χ4v) is 3.55. The van der Waals surface area contributed by atoms with Crippen LogP contribution >= 0.6 is 11.3 Å². The van der Waals surface area contributed by atoms with Crippen LogP contribution in [0.1, 0.15) is 38.1 Å². The summed E-state index contributed by atoms with van der Waals surface area (Å²) in [7, 11) is 0. The number of anilines is 2. The Balaban J connectivity index is 1.70. The quantitative estimate of drug-likeness (QED) is 0.840. The molecule has 1 aromatic heterocycles. The number of carbonyl (C=O) groups excluding carboxylic acids is 2. The number of amides is 2. The normalized spacial score (nSPS) is 17.0. The summed E-state index contributed by atoms with van der Waals surface area (Å²) in [4.78, 5) is 26.6. The highest BCUT2D eigenvalue weighted by atomic mass is 32.1. The summed E-state index contributed by atoms with van der Waals surface area (Å²) in [6.07, 6.45) is 0.169. The summed E-state index contributed by atoms with van der Waals surface area (Å²) >= 11 is 1.36. The Bertz CT molecular complexity index is 805. The molecular formula is C18H22N4O3S. The van der Waals surface area contributed by atoms with E-state index in [2.05, 4.69) is 15.5 Å². The first-order chi connectivity index (χ1) is 12.5. The van der Waals surface area contributed by atoms with E-state index in [9.17, 15) is 9.59 Å². The second kappa shape index (κ2) is 7.82. The monoisotopic (exact) mass is 374 g/mol. The van der Waals surface area contributed by atoms with Crippen molar-refractivity contribution in [1.29, 1.82) is 0 Å². The van der Waals surface area contributed by atoms with Gasteiger partial charge in [-0.15, -0.1) is 10.2 Å². The lowest BCUT2D eigenvalue weighted by atomic mass is 10.1. The van der Waals surface area contributed by atoms with Crippen LogP contribution in [0.15, 0.2) is 24.3 Å². The number of benzene rings is 1. The number of hydrogen-bond donors (Lipinski definition) is 1. The zero-order valence-corrected chi connectivity index (χ0v) is 15.9. The smallest absolute Gasteiger partial charge is 0.231 e. The third kappa shape index (κ3) is 3.85. The summed E-state index contributed by atoms with van der Waals surface area (Å²) in [5.41, 5.74) is 0.702. The number of hydrogen-bond acceptors (Lipinski definition) is 6. The number of ether oxygens (including phenoxy) is 1. The number of carbonyl (C=O) groups is 2. The molecule has 1 saturated heterocycles. The molecule has 8 heteroatoms. The average molecular weight is 374 g/mol. The van der Waals surface area contributed by atoms with Crippen LogP contribution in [0.5, 0.6) is 5.75 Å². The van der Waals surface area contributed by atoms with Crippen molar-refractivity contribution in [2.75, 3.05) is 23.4 Å². The van der Waals surface area contributed by atoms with Gasteiger partial charge >= 0.3 is 0 Å². The lowest BCUT2D eigenvalue weighted by Crippen LogP contribution is -2.28. The standard InChI is InChI=1S/C18H22N4O3S/c1-4-25-14-8-6-5-7-13(14)22-10-12(9-15(22)23)16(24)19-18-21-20-17(26-18)11(2)3/h5-8,11-12H,4,9-10H2,1-3H3,(H,19,21,24). The molecule has 138 valence electrons. The molecule has 0 aliphatic carbocycles. The van der Waals surface area contributed by atoms with Crippen LogP contribution in [0.25, 0.3) is 0 Å². The molecule has 3 rings (SSSR count). The number of nitrogens with zero attached hydrogens (tertiary/aromatic N) is 3. The van der Waals surface area contributed by atoms with E-state index in [-0.39, 0.29) is 24.2 Å². The Kier molecular flexibility index (Phi) is 5.51. The van der Waals surface area contributed by atoms with Crippen LogP contribution in [0.3, 0.4) is 0 Å².